The van der Waals surface area contributed by atoms with Crippen molar-refractivity contribution in [3.63, 3.8) is 0 Å². The first-order valence-corrected chi connectivity index (χ1v) is 10.6. The van der Waals surface area contributed by atoms with E-state index >= 15 is 0 Å². The minimum atomic E-state index is 0.683. The first kappa shape index (κ1) is 20.2. The topological polar surface area (TPSA) is 57.5 Å². The van der Waals surface area contributed by atoms with Crippen LogP contribution in [-0.2, 0) is 19.6 Å². The van der Waals surface area contributed by atoms with Crippen LogP contribution in [0.4, 0.5) is 0 Å². The van der Waals surface area contributed by atoms with Crippen molar-refractivity contribution in [1.82, 2.24) is 25.1 Å². The third kappa shape index (κ3) is 5.27. The van der Waals surface area contributed by atoms with Crippen LogP contribution in [0, 0.1) is 0 Å². The summed E-state index contributed by atoms with van der Waals surface area (Å²) >= 11 is 0. The third-order valence-electron chi connectivity index (χ3n) is 5.53. The first-order chi connectivity index (χ1) is 14.8. The Hall–Kier alpha value is -3.12. The lowest BCUT2D eigenvalue weighted by atomic mass is 10.1. The van der Waals surface area contributed by atoms with Crippen molar-refractivity contribution in [1.29, 1.82) is 0 Å². The Morgan fingerprint density at radius 2 is 1.70 bits per heavy atom. The molecule has 0 aliphatic carbocycles. The van der Waals surface area contributed by atoms with Crippen LogP contribution in [0.5, 0.6) is 0 Å². The van der Waals surface area contributed by atoms with Gasteiger partial charge in [-0.05, 0) is 48.7 Å². The molecule has 2 aromatic carbocycles. The second kappa shape index (κ2) is 10.1. The molecular weight excluding hydrogens is 372 g/mol. The van der Waals surface area contributed by atoms with Crippen molar-refractivity contribution in [2.45, 2.75) is 32.5 Å². The van der Waals surface area contributed by atoms with Gasteiger partial charge in [0.25, 0.3) is 0 Å². The van der Waals surface area contributed by atoms with Gasteiger partial charge in [-0.1, -0.05) is 42.5 Å². The number of para-hydroxylation sites is 1. The van der Waals surface area contributed by atoms with Gasteiger partial charge in [0, 0.05) is 39.1 Å². The van der Waals surface area contributed by atoms with E-state index in [0.29, 0.717) is 6.54 Å². The Morgan fingerprint density at radius 1 is 0.967 bits per heavy atom. The van der Waals surface area contributed by atoms with Crippen molar-refractivity contribution in [3.8, 4) is 5.69 Å². The molecule has 1 aliphatic heterocycles. The molecule has 0 radical (unpaired) electrons. The quantitative estimate of drug-likeness (QED) is 0.470. The van der Waals surface area contributed by atoms with E-state index < -0.39 is 0 Å². The molecule has 2 heterocycles. The summed E-state index contributed by atoms with van der Waals surface area (Å²) in [6, 6.07) is 17.2. The number of benzene rings is 2. The molecule has 4 rings (SSSR count). The summed E-state index contributed by atoms with van der Waals surface area (Å²) in [5.41, 5.74) is 4.94. The lowest BCUT2D eigenvalue weighted by Crippen LogP contribution is -2.36. The smallest absolute Gasteiger partial charge is 0.191 e. The summed E-state index contributed by atoms with van der Waals surface area (Å²) < 4.78 is 2.02. The van der Waals surface area contributed by atoms with Crippen molar-refractivity contribution in [2.75, 3.05) is 20.1 Å². The summed E-state index contributed by atoms with van der Waals surface area (Å²) in [6.45, 7) is 4.95. The number of nitrogens with one attached hydrogen (secondary N) is 2. The van der Waals surface area contributed by atoms with E-state index in [0.717, 1.165) is 24.7 Å². The van der Waals surface area contributed by atoms with Gasteiger partial charge in [-0.25, -0.2) is 4.98 Å². The molecule has 0 spiro atoms. The highest BCUT2D eigenvalue weighted by molar-refractivity contribution is 5.79. The highest BCUT2D eigenvalue weighted by atomic mass is 15.2. The number of hydrogen-bond acceptors (Lipinski definition) is 3. The predicted octanol–water partition coefficient (Wildman–Crippen LogP) is 3.33. The molecule has 1 fully saturated rings. The number of imidazole rings is 1. The van der Waals surface area contributed by atoms with Gasteiger partial charge >= 0.3 is 0 Å². The lowest BCUT2D eigenvalue weighted by Gasteiger charge is -2.16. The van der Waals surface area contributed by atoms with Gasteiger partial charge in [0.2, 0.25) is 0 Å². The average molecular weight is 403 g/mol. The Labute approximate surface area is 178 Å². The zero-order chi connectivity index (χ0) is 20.6. The minimum absolute atomic E-state index is 0.683. The van der Waals surface area contributed by atoms with E-state index in [2.05, 4.69) is 68.0 Å². The fourth-order valence-corrected chi connectivity index (χ4v) is 3.86. The molecule has 0 saturated carbocycles. The van der Waals surface area contributed by atoms with E-state index in [1.54, 1.807) is 13.2 Å². The first-order valence-electron chi connectivity index (χ1n) is 10.6. The van der Waals surface area contributed by atoms with Crippen LogP contribution in [0.25, 0.3) is 5.69 Å². The molecule has 0 amide bonds. The molecule has 2 N–H and O–H groups in total. The number of aromatic nitrogens is 2. The van der Waals surface area contributed by atoms with Crippen LogP contribution in [0.2, 0.25) is 0 Å². The monoisotopic (exact) mass is 402 g/mol. The van der Waals surface area contributed by atoms with Crippen molar-refractivity contribution >= 4 is 5.96 Å². The number of likely N-dealkylation sites (tertiary alicyclic amines) is 1. The fraction of sp³-hybridized carbons (Fsp3) is 0.333. The molecule has 156 valence electrons. The molecule has 1 saturated heterocycles. The number of hydrogen-bond donors (Lipinski definition) is 2. The molecule has 0 unspecified atom stereocenters. The van der Waals surface area contributed by atoms with Crippen LogP contribution >= 0.6 is 0 Å². The maximum Gasteiger partial charge on any atom is 0.191 e. The minimum Gasteiger partial charge on any atom is -0.352 e. The highest BCUT2D eigenvalue weighted by Crippen LogP contribution is 2.14. The summed E-state index contributed by atoms with van der Waals surface area (Å²) in [7, 11) is 1.80. The Bertz CT molecular complexity index is 940. The third-order valence-corrected chi connectivity index (χ3v) is 5.53. The molecule has 30 heavy (non-hydrogen) atoms. The lowest BCUT2D eigenvalue weighted by molar-refractivity contribution is 0.331. The number of nitrogens with zero attached hydrogens (tertiary/aromatic N) is 4. The number of aliphatic imine (C=N–C) groups is 1. The summed E-state index contributed by atoms with van der Waals surface area (Å²) in [5, 5.41) is 6.83. The van der Waals surface area contributed by atoms with E-state index in [1.165, 1.54) is 42.6 Å². The molecule has 1 aliphatic rings. The molecule has 6 heteroatoms. The molecule has 3 aromatic rings. The second-order valence-electron chi connectivity index (χ2n) is 7.68. The molecular formula is C24H30N6. The normalized spacial score (nSPS) is 14.8. The van der Waals surface area contributed by atoms with Crippen LogP contribution in [0.15, 0.2) is 72.2 Å². The standard InChI is InChI=1S/C24H30N6/c1-25-24(28-17-22-6-2-3-7-23(22)30-15-12-26-19-30)27-16-20-8-10-21(11-9-20)18-29-13-4-5-14-29/h2-3,6-12,15,19H,4-5,13-14,16-18H2,1H3,(H2,25,27,28). The predicted molar refractivity (Wildman–Crippen MR) is 122 cm³/mol. The van der Waals surface area contributed by atoms with Crippen LogP contribution in [0.3, 0.4) is 0 Å². The van der Waals surface area contributed by atoms with Gasteiger partial charge in [-0.15, -0.1) is 0 Å². The summed E-state index contributed by atoms with van der Waals surface area (Å²) in [5.74, 6) is 0.788. The van der Waals surface area contributed by atoms with E-state index in [9.17, 15) is 0 Å². The van der Waals surface area contributed by atoms with Gasteiger partial charge in [0.1, 0.15) is 0 Å². The van der Waals surface area contributed by atoms with Crippen LogP contribution in [0.1, 0.15) is 29.5 Å². The van der Waals surface area contributed by atoms with Gasteiger partial charge in [0.05, 0.1) is 12.0 Å². The van der Waals surface area contributed by atoms with Crippen molar-refractivity contribution in [3.05, 3.63) is 83.9 Å². The molecule has 0 bridgehead atoms. The zero-order valence-corrected chi connectivity index (χ0v) is 17.6. The maximum atomic E-state index is 4.37. The average Bonchev–Trinajstić information content (AvgIpc) is 3.50. The Balaban J connectivity index is 1.29. The van der Waals surface area contributed by atoms with E-state index in [1.807, 2.05) is 23.2 Å². The number of rotatable bonds is 7. The van der Waals surface area contributed by atoms with Gasteiger partial charge in [-0.3, -0.25) is 9.89 Å². The summed E-state index contributed by atoms with van der Waals surface area (Å²) in [4.78, 5) is 11.0. The van der Waals surface area contributed by atoms with Gasteiger partial charge in [-0.2, -0.15) is 0 Å². The van der Waals surface area contributed by atoms with Crippen molar-refractivity contribution in [2.24, 2.45) is 4.99 Å². The fourth-order valence-electron chi connectivity index (χ4n) is 3.86. The second-order valence-corrected chi connectivity index (χ2v) is 7.68. The van der Waals surface area contributed by atoms with E-state index in [4.69, 9.17) is 0 Å². The molecule has 1 aromatic heterocycles. The highest BCUT2D eigenvalue weighted by Gasteiger charge is 2.11. The maximum absolute atomic E-state index is 4.37. The van der Waals surface area contributed by atoms with Crippen LogP contribution < -0.4 is 10.6 Å². The van der Waals surface area contributed by atoms with Gasteiger partial charge < -0.3 is 15.2 Å². The SMILES string of the molecule is CN=C(NCc1ccc(CN2CCCC2)cc1)NCc1ccccc1-n1ccnc1. The molecule has 6 nitrogen and oxygen atoms in total. The largest absolute Gasteiger partial charge is 0.352 e. The van der Waals surface area contributed by atoms with Crippen LogP contribution in [-0.4, -0.2) is 40.5 Å². The zero-order valence-electron chi connectivity index (χ0n) is 17.6. The Morgan fingerprint density at radius 3 is 2.43 bits per heavy atom. The Kier molecular flexibility index (Phi) is 6.77. The summed E-state index contributed by atoms with van der Waals surface area (Å²) in [6.07, 6.45) is 8.24. The van der Waals surface area contributed by atoms with Crippen molar-refractivity contribution < 1.29 is 0 Å². The van der Waals surface area contributed by atoms with E-state index in [-0.39, 0.29) is 0 Å². The molecule has 0 atom stereocenters. The van der Waals surface area contributed by atoms with Gasteiger partial charge in [0.15, 0.2) is 5.96 Å². The number of guanidine groups is 1.